The van der Waals surface area contributed by atoms with Gasteiger partial charge in [0.05, 0.1) is 7.11 Å². The molecule has 102 valence electrons. The van der Waals surface area contributed by atoms with E-state index in [1.54, 1.807) is 13.4 Å². The zero-order valence-corrected chi connectivity index (χ0v) is 12.0. The maximum absolute atomic E-state index is 6.03. The van der Waals surface area contributed by atoms with Crippen LogP contribution < -0.4 is 10.1 Å². The number of rotatable bonds is 5. The van der Waals surface area contributed by atoms with E-state index in [0.29, 0.717) is 11.6 Å². The van der Waals surface area contributed by atoms with Crippen molar-refractivity contribution >= 4 is 11.6 Å². The predicted molar refractivity (Wildman–Crippen MR) is 74.5 cm³/mol. The lowest BCUT2D eigenvalue weighted by molar-refractivity contribution is 0.395. The van der Waals surface area contributed by atoms with Gasteiger partial charge in [0.25, 0.3) is 0 Å². The Morgan fingerprint density at radius 2 is 2.26 bits per heavy atom. The topological polar surface area (TPSA) is 47.3 Å². The molecular formula is C14H17ClN2O2. The molecule has 0 saturated carbocycles. The number of benzene rings is 1. The van der Waals surface area contributed by atoms with Gasteiger partial charge in [0.2, 0.25) is 0 Å². The molecule has 0 aliphatic heterocycles. The Kier molecular flexibility index (Phi) is 4.45. The molecule has 1 atom stereocenters. The van der Waals surface area contributed by atoms with E-state index in [1.807, 2.05) is 25.1 Å². The second kappa shape index (κ2) is 6.08. The Hall–Kier alpha value is -1.52. The summed E-state index contributed by atoms with van der Waals surface area (Å²) >= 11 is 6.03. The molecule has 1 aromatic carbocycles. The summed E-state index contributed by atoms with van der Waals surface area (Å²) in [5.41, 5.74) is 2.97. The average molecular weight is 281 g/mol. The van der Waals surface area contributed by atoms with Crippen LogP contribution in [0.3, 0.4) is 0 Å². The fourth-order valence-electron chi connectivity index (χ4n) is 1.88. The molecule has 0 amide bonds. The highest BCUT2D eigenvalue weighted by molar-refractivity contribution is 6.30. The smallest absolute Gasteiger partial charge is 0.127 e. The minimum atomic E-state index is 0.102. The minimum absolute atomic E-state index is 0.102. The highest BCUT2D eigenvalue weighted by Gasteiger charge is 2.13. The third-order valence-electron chi connectivity index (χ3n) is 3.08. The molecule has 0 bridgehead atoms. The van der Waals surface area contributed by atoms with E-state index in [0.717, 1.165) is 22.6 Å². The summed E-state index contributed by atoms with van der Waals surface area (Å²) in [7, 11) is 1.65. The second-order valence-electron chi connectivity index (χ2n) is 4.43. The standard InChI is InChI=1S/C14H17ClN2O2/c1-9-8-19-17-13(9)7-16-10(2)12-6-11(15)4-5-14(12)18-3/h4-6,8,10,16H,7H2,1-3H3. The van der Waals surface area contributed by atoms with E-state index in [4.69, 9.17) is 20.9 Å². The summed E-state index contributed by atoms with van der Waals surface area (Å²) in [4.78, 5) is 0. The molecule has 4 nitrogen and oxygen atoms in total. The summed E-state index contributed by atoms with van der Waals surface area (Å²) < 4.78 is 10.3. The number of hydrogen-bond donors (Lipinski definition) is 1. The monoisotopic (exact) mass is 280 g/mol. The molecule has 0 aliphatic rings. The van der Waals surface area contributed by atoms with Crippen molar-refractivity contribution in [1.29, 1.82) is 0 Å². The minimum Gasteiger partial charge on any atom is -0.496 e. The number of halogens is 1. The van der Waals surface area contributed by atoms with Crippen LogP contribution in [0.2, 0.25) is 5.02 Å². The fraction of sp³-hybridized carbons (Fsp3) is 0.357. The zero-order valence-electron chi connectivity index (χ0n) is 11.2. The third kappa shape index (κ3) is 3.28. The van der Waals surface area contributed by atoms with E-state index in [9.17, 15) is 0 Å². The quantitative estimate of drug-likeness (QED) is 0.911. The molecule has 1 unspecified atom stereocenters. The lowest BCUT2D eigenvalue weighted by Gasteiger charge is -2.17. The number of ether oxygens (including phenoxy) is 1. The molecule has 0 radical (unpaired) electrons. The molecule has 19 heavy (non-hydrogen) atoms. The van der Waals surface area contributed by atoms with E-state index in [-0.39, 0.29) is 6.04 Å². The van der Waals surface area contributed by atoms with Crippen molar-refractivity contribution in [2.75, 3.05) is 7.11 Å². The van der Waals surface area contributed by atoms with Gasteiger partial charge < -0.3 is 14.6 Å². The third-order valence-corrected chi connectivity index (χ3v) is 3.32. The summed E-state index contributed by atoms with van der Waals surface area (Å²) in [6.07, 6.45) is 1.64. The van der Waals surface area contributed by atoms with Crippen LogP contribution in [0.25, 0.3) is 0 Å². The van der Waals surface area contributed by atoms with Crippen LogP contribution in [0, 0.1) is 6.92 Å². The van der Waals surface area contributed by atoms with Crippen LogP contribution in [-0.2, 0) is 6.54 Å². The Balaban J connectivity index is 2.09. The SMILES string of the molecule is COc1ccc(Cl)cc1C(C)NCc1nocc1C. The summed E-state index contributed by atoms with van der Waals surface area (Å²) in [5.74, 6) is 0.821. The first-order chi connectivity index (χ1) is 9.11. The molecule has 1 aromatic heterocycles. The molecule has 0 spiro atoms. The first-order valence-electron chi connectivity index (χ1n) is 6.08. The van der Waals surface area contributed by atoms with E-state index in [1.165, 1.54) is 0 Å². The molecule has 0 saturated heterocycles. The number of nitrogens with one attached hydrogen (secondary N) is 1. The van der Waals surface area contributed by atoms with Gasteiger partial charge in [0, 0.05) is 28.7 Å². The maximum atomic E-state index is 6.03. The van der Waals surface area contributed by atoms with Gasteiger partial charge >= 0.3 is 0 Å². The Bertz CT molecular complexity index is 554. The number of hydrogen-bond acceptors (Lipinski definition) is 4. The van der Waals surface area contributed by atoms with Gasteiger partial charge in [0.1, 0.15) is 17.7 Å². The van der Waals surface area contributed by atoms with Crippen LogP contribution >= 0.6 is 11.6 Å². The molecule has 1 heterocycles. The van der Waals surface area contributed by atoms with Gasteiger partial charge in [-0.2, -0.15) is 0 Å². The van der Waals surface area contributed by atoms with Crippen molar-refractivity contribution in [3.63, 3.8) is 0 Å². The van der Waals surface area contributed by atoms with Crippen molar-refractivity contribution in [3.8, 4) is 5.75 Å². The first-order valence-corrected chi connectivity index (χ1v) is 6.46. The molecule has 1 N–H and O–H groups in total. The van der Waals surface area contributed by atoms with Crippen molar-refractivity contribution in [1.82, 2.24) is 10.5 Å². The highest BCUT2D eigenvalue weighted by atomic mass is 35.5. The lowest BCUT2D eigenvalue weighted by atomic mass is 10.1. The maximum Gasteiger partial charge on any atom is 0.127 e. The number of nitrogens with zero attached hydrogens (tertiary/aromatic N) is 1. The molecule has 5 heteroatoms. The highest BCUT2D eigenvalue weighted by Crippen LogP contribution is 2.28. The summed E-state index contributed by atoms with van der Waals surface area (Å²) in [6.45, 7) is 4.67. The average Bonchev–Trinajstić information content (AvgIpc) is 2.81. The van der Waals surface area contributed by atoms with Crippen LogP contribution in [0.1, 0.15) is 29.8 Å². The van der Waals surface area contributed by atoms with Gasteiger partial charge in [0.15, 0.2) is 0 Å². The number of methoxy groups -OCH3 is 1. The Morgan fingerprint density at radius 1 is 1.47 bits per heavy atom. The normalized spacial score (nSPS) is 12.4. The Labute approximate surface area is 117 Å². The molecule has 2 aromatic rings. The van der Waals surface area contributed by atoms with Crippen molar-refractivity contribution < 1.29 is 9.26 Å². The Morgan fingerprint density at radius 3 is 2.89 bits per heavy atom. The molecule has 2 rings (SSSR count). The van der Waals surface area contributed by atoms with Gasteiger partial charge in [-0.05, 0) is 32.0 Å². The van der Waals surface area contributed by atoms with Gasteiger partial charge in [-0.1, -0.05) is 16.8 Å². The van der Waals surface area contributed by atoms with E-state index < -0.39 is 0 Å². The number of aromatic nitrogens is 1. The molecular weight excluding hydrogens is 264 g/mol. The van der Waals surface area contributed by atoms with Crippen LogP contribution in [-0.4, -0.2) is 12.3 Å². The zero-order chi connectivity index (χ0) is 13.8. The van der Waals surface area contributed by atoms with Crippen molar-refractivity contribution in [3.05, 3.63) is 46.3 Å². The largest absolute Gasteiger partial charge is 0.496 e. The van der Waals surface area contributed by atoms with Gasteiger partial charge in [-0.25, -0.2) is 0 Å². The molecule has 0 fully saturated rings. The van der Waals surface area contributed by atoms with Crippen LogP contribution in [0.4, 0.5) is 0 Å². The van der Waals surface area contributed by atoms with Crippen LogP contribution in [0.5, 0.6) is 5.75 Å². The lowest BCUT2D eigenvalue weighted by Crippen LogP contribution is -2.19. The van der Waals surface area contributed by atoms with Crippen LogP contribution in [0.15, 0.2) is 29.0 Å². The summed E-state index contributed by atoms with van der Waals surface area (Å²) in [6, 6.07) is 5.70. The van der Waals surface area contributed by atoms with Gasteiger partial charge in [-0.15, -0.1) is 0 Å². The van der Waals surface area contributed by atoms with E-state index >= 15 is 0 Å². The predicted octanol–water partition coefficient (Wildman–Crippen LogP) is 3.50. The second-order valence-corrected chi connectivity index (χ2v) is 4.87. The summed E-state index contributed by atoms with van der Waals surface area (Å²) in [5, 5.41) is 8.03. The first kappa shape index (κ1) is 13.9. The van der Waals surface area contributed by atoms with Crippen molar-refractivity contribution in [2.24, 2.45) is 0 Å². The fourth-order valence-corrected chi connectivity index (χ4v) is 2.06. The molecule has 0 aliphatic carbocycles. The number of aryl methyl sites for hydroxylation is 1. The van der Waals surface area contributed by atoms with Gasteiger partial charge in [-0.3, -0.25) is 0 Å². The van der Waals surface area contributed by atoms with E-state index in [2.05, 4.69) is 17.4 Å². The van der Waals surface area contributed by atoms with Crippen molar-refractivity contribution in [2.45, 2.75) is 26.4 Å².